The summed E-state index contributed by atoms with van der Waals surface area (Å²) in [7, 11) is 0. The Labute approximate surface area is 96.3 Å². The van der Waals surface area contributed by atoms with E-state index in [-0.39, 0.29) is 5.78 Å². The normalized spacial score (nSPS) is 12.5. The van der Waals surface area contributed by atoms with Crippen LogP contribution in [0.1, 0.15) is 31.4 Å². The molecule has 0 amide bonds. The summed E-state index contributed by atoms with van der Waals surface area (Å²) in [4.78, 5) is 10.9. The number of carbonyl (C=O) groups is 1. The van der Waals surface area contributed by atoms with Gasteiger partial charge in [-0.15, -0.1) is 0 Å². The molecule has 1 rings (SSSR count). The minimum absolute atomic E-state index is 0.277. The van der Waals surface area contributed by atoms with Crippen molar-refractivity contribution < 1.29 is 4.79 Å². The molecular formula is C13H18OS. The van der Waals surface area contributed by atoms with Crippen LogP contribution in [0.25, 0.3) is 0 Å². The van der Waals surface area contributed by atoms with E-state index in [1.165, 1.54) is 11.1 Å². The van der Waals surface area contributed by atoms with Crippen LogP contribution < -0.4 is 0 Å². The van der Waals surface area contributed by atoms with Crippen LogP contribution in [0, 0.1) is 6.92 Å². The van der Waals surface area contributed by atoms with Crippen molar-refractivity contribution in [3.05, 3.63) is 35.4 Å². The summed E-state index contributed by atoms with van der Waals surface area (Å²) < 4.78 is 0. The maximum Gasteiger partial charge on any atom is 0.130 e. The molecule has 1 nitrogen and oxygen atoms in total. The van der Waals surface area contributed by atoms with Crippen LogP contribution in [0.15, 0.2) is 24.3 Å². The summed E-state index contributed by atoms with van der Waals surface area (Å²) >= 11 is 1.85. The van der Waals surface area contributed by atoms with E-state index in [4.69, 9.17) is 0 Å². The molecule has 0 N–H and O–H groups in total. The monoisotopic (exact) mass is 222 g/mol. The predicted molar refractivity (Wildman–Crippen MR) is 67.2 cm³/mol. The largest absolute Gasteiger partial charge is 0.300 e. The summed E-state index contributed by atoms with van der Waals surface area (Å²) in [5.74, 6) is 1.27. The zero-order valence-corrected chi connectivity index (χ0v) is 10.4. The van der Waals surface area contributed by atoms with Crippen molar-refractivity contribution in [3.63, 3.8) is 0 Å². The third-order valence-electron chi connectivity index (χ3n) is 2.19. The first-order chi connectivity index (χ1) is 7.08. The lowest BCUT2D eigenvalue weighted by Crippen LogP contribution is -2.03. The summed E-state index contributed by atoms with van der Waals surface area (Å²) in [6, 6.07) is 8.53. The molecule has 0 aliphatic rings. The second-order valence-electron chi connectivity index (χ2n) is 4.02. The van der Waals surface area contributed by atoms with Crippen molar-refractivity contribution >= 4 is 17.5 Å². The van der Waals surface area contributed by atoms with Crippen LogP contribution in [0.2, 0.25) is 0 Å². The molecule has 1 unspecified atom stereocenters. The van der Waals surface area contributed by atoms with Crippen LogP contribution in [0.3, 0.4) is 0 Å². The summed E-state index contributed by atoms with van der Waals surface area (Å²) in [5, 5.41) is 0.419. The highest BCUT2D eigenvalue weighted by Gasteiger charge is 2.05. The molecule has 82 valence electrons. The lowest BCUT2D eigenvalue weighted by Gasteiger charge is -2.09. The van der Waals surface area contributed by atoms with E-state index in [1.807, 2.05) is 11.8 Å². The first-order valence-electron chi connectivity index (χ1n) is 5.24. The summed E-state index contributed by atoms with van der Waals surface area (Å²) in [5.41, 5.74) is 2.64. The molecule has 1 aromatic rings. The van der Waals surface area contributed by atoms with Gasteiger partial charge in [0.1, 0.15) is 5.78 Å². The van der Waals surface area contributed by atoms with Gasteiger partial charge in [0.25, 0.3) is 0 Å². The molecule has 0 aliphatic heterocycles. The maximum absolute atomic E-state index is 10.9. The first kappa shape index (κ1) is 12.3. The second kappa shape index (κ2) is 5.96. The van der Waals surface area contributed by atoms with Crippen molar-refractivity contribution in [1.29, 1.82) is 0 Å². The van der Waals surface area contributed by atoms with Gasteiger partial charge in [-0.25, -0.2) is 0 Å². The summed E-state index contributed by atoms with van der Waals surface area (Å²) in [6.07, 6.45) is 0.677. The molecular weight excluding hydrogens is 204 g/mol. The van der Waals surface area contributed by atoms with E-state index in [9.17, 15) is 4.79 Å². The van der Waals surface area contributed by atoms with Crippen molar-refractivity contribution in [1.82, 2.24) is 0 Å². The van der Waals surface area contributed by atoms with Crippen LogP contribution in [-0.2, 0) is 10.5 Å². The van der Waals surface area contributed by atoms with Gasteiger partial charge in [0.05, 0.1) is 0 Å². The Balaban J connectivity index is 2.40. The molecule has 0 saturated heterocycles. The van der Waals surface area contributed by atoms with E-state index in [0.29, 0.717) is 11.7 Å². The average molecular weight is 222 g/mol. The fourth-order valence-corrected chi connectivity index (χ4v) is 2.51. The van der Waals surface area contributed by atoms with E-state index in [1.54, 1.807) is 6.92 Å². The van der Waals surface area contributed by atoms with Gasteiger partial charge >= 0.3 is 0 Å². The third kappa shape index (κ3) is 5.03. The van der Waals surface area contributed by atoms with E-state index < -0.39 is 0 Å². The lowest BCUT2D eigenvalue weighted by molar-refractivity contribution is -0.116. The van der Waals surface area contributed by atoms with Crippen LogP contribution in [0.5, 0.6) is 0 Å². The Morgan fingerprint density at radius 3 is 2.80 bits per heavy atom. The second-order valence-corrected chi connectivity index (χ2v) is 5.44. The molecule has 0 spiro atoms. The third-order valence-corrected chi connectivity index (χ3v) is 3.43. The molecule has 0 fully saturated rings. The lowest BCUT2D eigenvalue weighted by atomic mass is 10.2. The fraction of sp³-hybridized carbons (Fsp3) is 0.462. The van der Waals surface area contributed by atoms with Crippen molar-refractivity contribution in [3.8, 4) is 0 Å². The van der Waals surface area contributed by atoms with Crippen molar-refractivity contribution in [2.24, 2.45) is 0 Å². The van der Waals surface area contributed by atoms with Gasteiger partial charge in [0, 0.05) is 17.4 Å². The topological polar surface area (TPSA) is 17.1 Å². The molecule has 0 radical (unpaired) electrons. The summed E-state index contributed by atoms with van der Waals surface area (Å²) in [6.45, 7) is 5.87. The number of aryl methyl sites for hydroxylation is 1. The van der Waals surface area contributed by atoms with Gasteiger partial charge in [-0.1, -0.05) is 36.8 Å². The molecule has 1 atom stereocenters. The molecule has 0 bridgehead atoms. The van der Waals surface area contributed by atoms with Gasteiger partial charge in [0.15, 0.2) is 0 Å². The van der Waals surface area contributed by atoms with Gasteiger partial charge in [0.2, 0.25) is 0 Å². The highest BCUT2D eigenvalue weighted by Crippen LogP contribution is 2.20. The SMILES string of the molecule is CC(=O)CC(C)SCc1cccc(C)c1. The van der Waals surface area contributed by atoms with E-state index >= 15 is 0 Å². The Morgan fingerprint density at radius 2 is 2.20 bits per heavy atom. The van der Waals surface area contributed by atoms with Crippen LogP contribution >= 0.6 is 11.8 Å². The molecule has 0 aromatic heterocycles. The van der Waals surface area contributed by atoms with Gasteiger partial charge in [-0.05, 0) is 19.4 Å². The Hall–Kier alpha value is -0.760. The quantitative estimate of drug-likeness (QED) is 0.757. The van der Waals surface area contributed by atoms with Crippen LogP contribution in [0.4, 0.5) is 0 Å². The zero-order valence-electron chi connectivity index (χ0n) is 9.62. The van der Waals surface area contributed by atoms with Crippen molar-refractivity contribution in [2.75, 3.05) is 0 Å². The number of Topliss-reactive ketones (excluding diaryl/α,β-unsaturated/α-hetero) is 1. The smallest absolute Gasteiger partial charge is 0.130 e. The number of carbonyl (C=O) groups excluding carboxylic acids is 1. The predicted octanol–water partition coefficient (Wildman–Crippen LogP) is 3.60. The van der Waals surface area contributed by atoms with Gasteiger partial charge in [-0.3, -0.25) is 4.79 Å². The van der Waals surface area contributed by atoms with E-state index in [0.717, 1.165) is 5.75 Å². The highest BCUT2D eigenvalue weighted by molar-refractivity contribution is 7.99. The maximum atomic E-state index is 10.9. The molecule has 0 heterocycles. The Morgan fingerprint density at radius 1 is 1.47 bits per heavy atom. The zero-order chi connectivity index (χ0) is 11.3. The van der Waals surface area contributed by atoms with Gasteiger partial charge < -0.3 is 0 Å². The number of rotatable bonds is 5. The van der Waals surface area contributed by atoms with Crippen LogP contribution in [-0.4, -0.2) is 11.0 Å². The fourth-order valence-electron chi connectivity index (χ4n) is 1.50. The molecule has 1 aromatic carbocycles. The molecule has 2 heteroatoms. The molecule has 0 saturated carbocycles. The molecule has 0 aliphatic carbocycles. The average Bonchev–Trinajstić information content (AvgIpc) is 2.14. The minimum Gasteiger partial charge on any atom is -0.300 e. The number of thioether (sulfide) groups is 1. The minimum atomic E-state index is 0.277. The number of hydrogen-bond acceptors (Lipinski definition) is 2. The Bertz CT molecular complexity index is 333. The van der Waals surface area contributed by atoms with Crippen molar-refractivity contribution in [2.45, 2.75) is 38.2 Å². The number of benzene rings is 1. The number of ketones is 1. The first-order valence-corrected chi connectivity index (χ1v) is 6.29. The standard InChI is InChI=1S/C13H18OS/c1-10-5-4-6-13(7-10)9-15-12(3)8-11(2)14/h4-7,12H,8-9H2,1-3H3. The van der Waals surface area contributed by atoms with Gasteiger partial charge in [-0.2, -0.15) is 11.8 Å². The molecule has 15 heavy (non-hydrogen) atoms. The van der Waals surface area contributed by atoms with E-state index in [2.05, 4.69) is 38.1 Å². The number of hydrogen-bond donors (Lipinski definition) is 0. The highest BCUT2D eigenvalue weighted by atomic mass is 32.2. The Kier molecular flexibility index (Phi) is 4.89.